The van der Waals surface area contributed by atoms with E-state index in [1.165, 1.54) is 17.0 Å². The van der Waals surface area contributed by atoms with E-state index < -0.39 is 0 Å². The molecule has 6 heteroatoms. The Kier molecular flexibility index (Phi) is 5.70. The van der Waals surface area contributed by atoms with Gasteiger partial charge in [0.05, 0.1) is 32.8 Å². The molecular weight excluding hydrogens is 277 g/mol. The van der Waals surface area contributed by atoms with Crippen LogP contribution in [0.25, 0.3) is 0 Å². The standard InChI is InChI=1S/C14H20FN3OS/c15-13-3-1-12(2-4-13)11-16-14(20)18-7-5-17(6-8-18)9-10-19/h1-4,19H,5-11H2,(H,16,20)/p+1. The third-order valence-electron chi connectivity index (χ3n) is 3.58. The van der Waals surface area contributed by atoms with E-state index in [9.17, 15) is 4.39 Å². The van der Waals surface area contributed by atoms with E-state index >= 15 is 0 Å². The van der Waals surface area contributed by atoms with Gasteiger partial charge in [-0.1, -0.05) is 12.1 Å². The number of quaternary nitrogens is 1. The zero-order valence-corrected chi connectivity index (χ0v) is 12.3. The first-order chi connectivity index (χ1) is 9.69. The van der Waals surface area contributed by atoms with Gasteiger partial charge in [-0.05, 0) is 29.9 Å². The minimum atomic E-state index is -0.223. The fraction of sp³-hybridized carbons (Fsp3) is 0.500. The van der Waals surface area contributed by atoms with Crippen LogP contribution in [-0.2, 0) is 6.54 Å². The molecule has 1 aromatic rings. The lowest BCUT2D eigenvalue weighted by Gasteiger charge is -2.33. The normalized spacial score (nSPS) is 16.2. The fourth-order valence-corrected chi connectivity index (χ4v) is 2.58. The van der Waals surface area contributed by atoms with Crippen LogP contribution in [-0.4, -0.2) is 54.4 Å². The molecule has 20 heavy (non-hydrogen) atoms. The maximum atomic E-state index is 12.8. The molecule has 0 aliphatic carbocycles. The number of hydrogen-bond acceptors (Lipinski definition) is 2. The van der Waals surface area contributed by atoms with Crippen LogP contribution >= 0.6 is 12.2 Å². The molecule has 0 amide bonds. The molecular formula is C14H21FN3OS+. The number of benzene rings is 1. The Labute approximate surface area is 124 Å². The number of aliphatic hydroxyl groups is 1. The number of rotatable bonds is 4. The van der Waals surface area contributed by atoms with Crippen LogP contribution in [0.3, 0.4) is 0 Å². The molecule has 2 rings (SSSR count). The Hall–Kier alpha value is -1.24. The lowest BCUT2D eigenvalue weighted by molar-refractivity contribution is -0.904. The molecule has 1 heterocycles. The average Bonchev–Trinajstić information content (AvgIpc) is 2.47. The summed E-state index contributed by atoms with van der Waals surface area (Å²) >= 11 is 5.38. The summed E-state index contributed by atoms with van der Waals surface area (Å²) in [5, 5.41) is 12.9. The van der Waals surface area contributed by atoms with Crippen LogP contribution in [0.5, 0.6) is 0 Å². The fourth-order valence-electron chi connectivity index (χ4n) is 2.33. The Morgan fingerprint density at radius 2 is 1.95 bits per heavy atom. The molecule has 0 atom stereocenters. The average molecular weight is 298 g/mol. The van der Waals surface area contributed by atoms with Gasteiger partial charge in [0.2, 0.25) is 0 Å². The minimum Gasteiger partial charge on any atom is -0.391 e. The van der Waals surface area contributed by atoms with Crippen molar-refractivity contribution in [3.63, 3.8) is 0 Å². The second kappa shape index (κ2) is 7.52. The zero-order chi connectivity index (χ0) is 14.4. The summed E-state index contributed by atoms with van der Waals surface area (Å²) in [5.74, 6) is -0.223. The van der Waals surface area contributed by atoms with Gasteiger partial charge in [-0.2, -0.15) is 0 Å². The Morgan fingerprint density at radius 1 is 1.30 bits per heavy atom. The summed E-state index contributed by atoms with van der Waals surface area (Å²) in [5.41, 5.74) is 1.01. The summed E-state index contributed by atoms with van der Waals surface area (Å²) < 4.78 is 12.8. The number of nitrogens with one attached hydrogen (secondary N) is 2. The first-order valence-electron chi connectivity index (χ1n) is 6.90. The Morgan fingerprint density at radius 3 is 2.55 bits per heavy atom. The van der Waals surface area contributed by atoms with E-state index in [0.29, 0.717) is 6.54 Å². The van der Waals surface area contributed by atoms with Crippen molar-refractivity contribution in [2.75, 3.05) is 39.3 Å². The summed E-state index contributed by atoms with van der Waals surface area (Å²) in [7, 11) is 0. The Bertz CT molecular complexity index is 433. The quantitative estimate of drug-likeness (QED) is 0.649. The molecule has 0 radical (unpaired) electrons. The summed E-state index contributed by atoms with van der Waals surface area (Å²) in [6.07, 6.45) is 0. The molecule has 4 nitrogen and oxygen atoms in total. The number of hydrogen-bond donors (Lipinski definition) is 3. The maximum absolute atomic E-state index is 12.8. The third-order valence-corrected chi connectivity index (χ3v) is 3.98. The van der Waals surface area contributed by atoms with Crippen LogP contribution in [0.15, 0.2) is 24.3 Å². The van der Waals surface area contributed by atoms with Crippen molar-refractivity contribution in [3.05, 3.63) is 35.6 Å². The smallest absolute Gasteiger partial charge is 0.169 e. The summed E-state index contributed by atoms with van der Waals surface area (Å²) in [6, 6.07) is 6.43. The minimum absolute atomic E-state index is 0.223. The highest BCUT2D eigenvalue weighted by molar-refractivity contribution is 7.80. The topological polar surface area (TPSA) is 39.9 Å². The van der Waals surface area contributed by atoms with Gasteiger partial charge in [0.25, 0.3) is 0 Å². The van der Waals surface area contributed by atoms with Gasteiger partial charge < -0.3 is 20.2 Å². The lowest BCUT2D eigenvalue weighted by atomic mass is 10.2. The molecule has 1 fully saturated rings. The van der Waals surface area contributed by atoms with E-state index in [-0.39, 0.29) is 12.4 Å². The molecule has 0 saturated carbocycles. The highest BCUT2D eigenvalue weighted by atomic mass is 32.1. The highest BCUT2D eigenvalue weighted by Crippen LogP contribution is 2.02. The van der Waals surface area contributed by atoms with Crippen molar-refractivity contribution >= 4 is 17.3 Å². The molecule has 0 aromatic heterocycles. The van der Waals surface area contributed by atoms with Crippen molar-refractivity contribution in [1.82, 2.24) is 10.2 Å². The van der Waals surface area contributed by atoms with Gasteiger partial charge in [-0.3, -0.25) is 0 Å². The molecule has 0 spiro atoms. The summed E-state index contributed by atoms with van der Waals surface area (Å²) in [4.78, 5) is 3.57. The monoisotopic (exact) mass is 298 g/mol. The van der Waals surface area contributed by atoms with E-state index in [2.05, 4.69) is 10.2 Å². The second-order valence-electron chi connectivity index (χ2n) is 5.00. The van der Waals surface area contributed by atoms with Gasteiger partial charge in [0, 0.05) is 6.54 Å². The van der Waals surface area contributed by atoms with Gasteiger partial charge in [-0.25, -0.2) is 4.39 Å². The molecule has 0 unspecified atom stereocenters. The second-order valence-corrected chi connectivity index (χ2v) is 5.38. The van der Waals surface area contributed by atoms with Crippen LogP contribution in [0.1, 0.15) is 5.56 Å². The SMILES string of the molecule is OCC[NH+]1CCN(C(=S)NCc2ccc(F)cc2)CC1. The molecule has 0 bridgehead atoms. The highest BCUT2D eigenvalue weighted by Gasteiger charge is 2.20. The molecule has 1 aliphatic heterocycles. The van der Waals surface area contributed by atoms with Crippen LogP contribution in [0, 0.1) is 5.82 Å². The molecule has 1 aliphatic rings. The van der Waals surface area contributed by atoms with E-state index in [4.69, 9.17) is 17.3 Å². The number of piperazine rings is 1. The molecule has 110 valence electrons. The third kappa shape index (κ3) is 4.40. The van der Waals surface area contributed by atoms with Gasteiger partial charge in [0.15, 0.2) is 5.11 Å². The van der Waals surface area contributed by atoms with Crippen LogP contribution in [0.2, 0.25) is 0 Å². The van der Waals surface area contributed by atoms with Crippen molar-refractivity contribution in [3.8, 4) is 0 Å². The van der Waals surface area contributed by atoms with E-state index in [1.54, 1.807) is 12.1 Å². The first-order valence-corrected chi connectivity index (χ1v) is 7.31. The van der Waals surface area contributed by atoms with Crippen molar-refractivity contribution in [1.29, 1.82) is 0 Å². The number of halogens is 1. The predicted octanol–water partition coefficient (Wildman–Crippen LogP) is -0.607. The van der Waals surface area contributed by atoms with E-state index in [0.717, 1.165) is 43.4 Å². The van der Waals surface area contributed by atoms with Crippen molar-refractivity contribution in [2.24, 2.45) is 0 Å². The number of thiocarbonyl (C=S) groups is 1. The summed E-state index contributed by atoms with van der Waals surface area (Å²) in [6.45, 7) is 5.47. The zero-order valence-electron chi connectivity index (χ0n) is 11.4. The first kappa shape index (κ1) is 15.2. The maximum Gasteiger partial charge on any atom is 0.169 e. The van der Waals surface area contributed by atoms with Crippen LogP contribution in [0.4, 0.5) is 4.39 Å². The number of nitrogens with zero attached hydrogens (tertiary/aromatic N) is 1. The van der Waals surface area contributed by atoms with Gasteiger partial charge >= 0.3 is 0 Å². The van der Waals surface area contributed by atoms with Gasteiger partial charge in [-0.15, -0.1) is 0 Å². The largest absolute Gasteiger partial charge is 0.391 e. The molecule has 3 N–H and O–H groups in total. The van der Waals surface area contributed by atoms with Crippen molar-refractivity contribution in [2.45, 2.75) is 6.54 Å². The Balaban J connectivity index is 1.74. The molecule has 1 saturated heterocycles. The lowest BCUT2D eigenvalue weighted by Crippen LogP contribution is -3.15. The van der Waals surface area contributed by atoms with E-state index in [1.807, 2.05) is 0 Å². The van der Waals surface area contributed by atoms with Crippen LogP contribution < -0.4 is 10.2 Å². The molecule has 1 aromatic carbocycles. The van der Waals surface area contributed by atoms with Gasteiger partial charge in [0.1, 0.15) is 12.4 Å². The number of aliphatic hydroxyl groups excluding tert-OH is 1. The predicted molar refractivity (Wildman–Crippen MR) is 80.1 cm³/mol. The van der Waals surface area contributed by atoms with Crippen molar-refractivity contribution < 1.29 is 14.4 Å².